The molecule has 6 atom stereocenters. The highest BCUT2D eigenvalue weighted by Crippen LogP contribution is 2.69. The minimum Gasteiger partial charge on any atom is -0.391 e. The van der Waals surface area contributed by atoms with Gasteiger partial charge in [-0.15, -0.1) is 0 Å². The average molecular weight is 449 g/mol. The molecule has 6 rings (SSSR count). The number of aliphatic hydroxyl groups excluding tert-OH is 1. The van der Waals surface area contributed by atoms with Gasteiger partial charge in [-0.05, 0) is 55.4 Å². The van der Waals surface area contributed by atoms with Crippen molar-refractivity contribution >= 4 is 5.78 Å². The molecule has 7 heteroatoms. The molecule has 7 nitrogen and oxygen atoms in total. The third-order valence-corrected chi connectivity index (χ3v) is 10.3. The molecular weight excluding hydrogens is 412 g/mol. The Morgan fingerprint density at radius 2 is 1.69 bits per heavy atom. The molecule has 3 saturated carbocycles. The molecule has 0 aromatic carbocycles. The van der Waals surface area contributed by atoms with Crippen LogP contribution in [0.15, 0.2) is 11.6 Å². The number of Topliss-reactive ketones (excluding diaryl/α,β-unsaturated/α-hetero) is 1. The van der Waals surface area contributed by atoms with Crippen LogP contribution >= 0.6 is 0 Å². The van der Waals surface area contributed by atoms with Crippen LogP contribution in [-0.2, 0) is 23.7 Å². The van der Waals surface area contributed by atoms with Crippen molar-refractivity contribution in [1.82, 2.24) is 0 Å². The van der Waals surface area contributed by atoms with Gasteiger partial charge in [-0.2, -0.15) is 0 Å². The second-order valence-corrected chi connectivity index (χ2v) is 11.4. The van der Waals surface area contributed by atoms with Crippen LogP contribution in [0.3, 0.4) is 0 Å². The largest absolute Gasteiger partial charge is 0.391 e. The molecule has 2 aliphatic heterocycles. The molecular formula is C25H36O7. The molecule has 0 bridgehead atoms. The maximum absolute atomic E-state index is 13.9. The number of carbonyl (C=O) groups excluding carboxylic acids is 1. The van der Waals surface area contributed by atoms with E-state index in [1.54, 1.807) is 0 Å². The van der Waals surface area contributed by atoms with Gasteiger partial charge in [0.05, 0.1) is 26.4 Å². The van der Waals surface area contributed by atoms with Gasteiger partial charge in [-0.3, -0.25) is 4.79 Å². The molecule has 2 N–H and O–H groups in total. The second-order valence-electron chi connectivity index (χ2n) is 11.4. The monoisotopic (exact) mass is 448 g/mol. The highest BCUT2D eigenvalue weighted by molar-refractivity contribution is 5.85. The summed E-state index contributed by atoms with van der Waals surface area (Å²) in [6, 6.07) is 0. The summed E-state index contributed by atoms with van der Waals surface area (Å²) in [7, 11) is 0. The number of rotatable bonds is 2. The lowest BCUT2D eigenvalue weighted by Gasteiger charge is -2.60. The summed E-state index contributed by atoms with van der Waals surface area (Å²) in [5, 5.41) is 22.2. The number of hydrogen-bond acceptors (Lipinski definition) is 7. The van der Waals surface area contributed by atoms with E-state index in [2.05, 4.69) is 13.0 Å². The Balaban J connectivity index is 1.36. The predicted octanol–water partition coefficient (Wildman–Crippen LogP) is 2.34. The predicted molar refractivity (Wildman–Crippen MR) is 113 cm³/mol. The standard InChI is InChI=1S/C25H36O7/c1-21-7-8-23(29-9-10-30-23)13-16(21)3-4-17-18-5-6-24(28,25(15-26)31-11-12-32-25)22(18,2)14-19(27)20(17)21/h13,17-18,20,26,28H,3-12,14-15H2,1-2H3. The Bertz CT molecular complexity index is 841. The summed E-state index contributed by atoms with van der Waals surface area (Å²) < 4.78 is 23.6. The van der Waals surface area contributed by atoms with Crippen molar-refractivity contribution in [1.29, 1.82) is 0 Å². The summed E-state index contributed by atoms with van der Waals surface area (Å²) in [6.45, 7) is 5.84. The average Bonchev–Trinajstić information content (AvgIpc) is 3.49. The highest BCUT2D eigenvalue weighted by Gasteiger charge is 2.73. The van der Waals surface area contributed by atoms with Gasteiger partial charge in [0.15, 0.2) is 5.79 Å². The van der Waals surface area contributed by atoms with Crippen molar-refractivity contribution in [3.8, 4) is 0 Å². The summed E-state index contributed by atoms with van der Waals surface area (Å²) in [5.74, 6) is -1.42. The zero-order chi connectivity index (χ0) is 22.4. The van der Waals surface area contributed by atoms with Gasteiger partial charge in [-0.25, -0.2) is 0 Å². The molecule has 6 aliphatic rings. The minimum absolute atomic E-state index is 0.0443. The number of hydrogen-bond donors (Lipinski definition) is 2. The Morgan fingerprint density at radius 1 is 1.00 bits per heavy atom. The fourth-order valence-corrected chi connectivity index (χ4v) is 8.75. The van der Waals surface area contributed by atoms with Crippen LogP contribution in [0.25, 0.3) is 0 Å². The lowest BCUT2D eigenvalue weighted by molar-refractivity contribution is -0.317. The van der Waals surface area contributed by atoms with Crippen molar-refractivity contribution < 1.29 is 34.0 Å². The molecule has 178 valence electrons. The molecule has 2 heterocycles. The zero-order valence-electron chi connectivity index (χ0n) is 19.2. The minimum atomic E-state index is -1.43. The van der Waals surface area contributed by atoms with Gasteiger partial charge >= 0.3 is 0 Å². The number of aliphatic hydroxyl groups is 2. The first-order valence-corrected chi connectivity index (χ1v) is 12.4. The fraction of sp³-hybridized carbons (Fsp3) is 0.880. The first-order valence-electron chi connectivity index (χ1n) is 12.4. The van der Waals surface area contributed by atoms with E-state index in [0.717, 1.165) is 32.1 Å². The van der Waals surface area contributed by atoms with E-state index < -0.39 is 29.2 Å². The van der Waals surface area contributed by atoms with Crippen molar-refractivity contribution in [2.75, 3.05) is 33.0 Å². The van der Waals surface area contributed by atoms with Crippen LogP contribution in [0.5, 0.6) is 0 Å². The Morgan fingerprint density at radius 3 is 2.38 bits per heavy atom. The quantitative estimate of drug-likeness (QED) is 0.626. The van der Waals surface area contributed by atoms with E-state index in [1.165, 1.54) is 5.57 Å². The van der Waals surface area contributed by atoms with Crippen LogP contribution in [0.1, 0.15) is 58.8 Å². The molecule has 4 aliphatic carbocycles. The van der Waals surface area contributed by atoms with Gasteiger partial charge in [0, 0.05) is 24.2 Å². The highest BCUT2D eigenvalue weighted by atomic mass is 16.8. The van der Waals surface area contributed by atoms with Gasteiger partial charge < -0.3 is 29.2 Å². The third-order valence-electron chi connectivity index (χ3n) is 10.3. The maximum Gasteiger partial charge on any atom is 0.222 e. The molecule has 5 fully saturated rings. The number of fused-ring (bicyclic) bond motifs is 5. The molecule has 1 spiro atoms. The van der Waals surface area contributed by atoms with Crippen LogP contribution < -0.4 is 0 Å². The maximum atomic E-state index is 13.9. The summed E-state index contributed by atoms with van der Waals surface area (Å²) in [5.41, 5.74) is -0.928. The lowest BCUT2D eigenvalue weighted by atomic mass is 9.45. The van der Waals surface area contributed by atoms with E-state index in [-0.39, 0.29) is 29.0 Å². The first-order chi connectivity index (χ1) is 15.2. The molecule has 0 aromatic rings. The van der Waals surface area contributed by atoms with E-state index >= 15 is 0 Å². The molecule has 0 aromatic heterocycles. The fourth-order valence-electron chi connectivity index (χ4n) is 8.75. The molecule has 0 amide bonds. The second kappa shape index (κ2) is 6.86. The van der Waals surface area contributed by atoms with Gasteiger partial charge in [0.2, 0.25) is 5.79 Å². The summed E-state index contributed by atoms with van der Waals surface area (Å²) >= 11 is 0. The topological polar surface area (TPSA) is 94.5 Å². The Hall–Kier alpha value is -0.830. The number of ketones is 1. The van der Waals surface area contributed by atoms with E-state index in [1.807, 2.05) is 6.92 Å². The Kier molecular flexibility index (Phi) is 4.65. The van der Waals surface area contributed by atoms with Crippen LogP contribution in [-0.4, -0.2) is 66.2 Å². The van der Waals surface area contributed by atoms with Crippen LogP contribution in [0, 0.1) is 28.6 Å². The summed E-state index contributed by atoms with van der Waals surface area (Å²) in [4.78, 5) is 13.9. The van der Waals surface area contributed by atoms with Crippen molar-refractivity contribution in [2.45, 2.75) is 76.0 Å². The van der Waals surface area contributed by atoms with Crippen molar-refractivity contribution in [2.24, 2.45) is 28.6 Å². The first kappa shape index (κ1) is 21.7. The summed E-state index contributed by atoms with van der Waals surface area (Å²) in [6.07, 6.45) is 7.31. The Labute approximate surface area is 189 Å². The lowest BCUT2D eigenvalue weighted by Crippen LogP contribution is -2.67. The van der Waals surface area contributed by atoms with E-state index in [9.17, 15) is 15.0 Å². The van der Waals surface area contributed by atoms with Crippen LogP contribution in [0.2, 0.25) is 0 Å². The normalized spacial score (nSPS) is 48.9. The smallest absolute Gasteiger partial charge is 0.222 e. The van der Waals surface area contributed by atoms with Crippen LogP contribution in [0.4, 0.5) is 0 Å². The van der Waals surface area contributed by atoms with Gasteiger partial charge in [0.1, 0.15) is 18.0 Å². The molecule has 32 heavy (non-hydrogen) atoms. The van der Waals surface area contributed by atoms with Gasteiger partial charge in [-0.1, -0.05) is 19.4 Å². The number of carbonyl (C=O) groups is 1. The molecule has 6 unspecified atom stereocenters. The SMILES string of the molecule is CC12CCC3(C=C1CCC1C2C(=O)CC2(C)C1CCC2(O)C1(CO)OCCO1)OCCO3. The molecule has 0 radical (unpaired) electrons. The van der Waals surface area contributed by atoms with E-state index in [4.69, 9.17) is 18.9 Å². The van der Waals surface area contributed by atoms with E-state index in [0.29, 0.717) is 39.3 Å². The zero-order valence-corrected chi connectivity index (χ0v) is 19.2. The number of allylic oxidation sites excluding steroid dienone is 1. The van der Waals surface area contributed by atoms with Gasteiger partial charge in [0.25, 0.3) is 0 Å². The third kappa shape index (κ3) is 2.50. The van der Waals surface area contributed by atoms with Crippen molar-refractivity contribution in [3.05, 3.63) is 11.6 Å². The van der Waals surface area contributed by atoms with Crippen molar-refractivity contribution in [3.63, 3.8) is 0 Å². The molecule has 2 saturated heterocycles. The number of ether oxygens (including phenoxy) is 4.